The van der Waals surface area contributed by atoms with Gasteiger partial charge in [0.2, 0.25) is 0 Å². The van der Waals surface area contributed by atoms with E-state index in [1.807, 2.05) is 29.8 Å². The van der Waals surface area contributed by atoms with Gasteiger partial charge in [0.15, 0.2) is 5.43 Å². The summed E-state index contributed by atoms with van der Waals surface area (Å²) in [5.41, 5.74) is 7.41. The molecule has 2 N–H and O–H groups in total. The van der Waals surface area contributed by atoms with Gasteiger partial charge in [-0.1, -0.05) is 6.07 Å². The predicted molar refractivity (Wildman–Crippen MR) is 73.2 cm³/mol. The molecule has 0 bridgehead atoms. The van der Waals surface area contributed by atoms with E-state index in [1.54, 1.807) is 13.2 Å². The number of hydrogen-bond donors (Lipinski definition) is 1. The van der Waals surface area contributed by atoms with E-state index in [1.165, 1.54) is 0 Å². The lowest BCUT2D eigenvalue weighted by molar-refractivity contribution is 0.416. The van der Waals surface area contributed by atoms with Gasteiger partial charge in [-0.05, 0) is 31.5 Å². The van der Waals surface area contributed by atoms with E-state index in [0.29, 0.717) is 6.54 Å². The van der Waals surface area contributed by atoms with Gasteiger partial charge in [0.05, 0.1) is 18.0 Å². The van der Waals surface area contributed by atoms with Crippen molar-refractivity contribution in [3.05, 3.63) is 40.2 Å². The molecule has 0 atom stereocenters. The summed E-state index contributed by atoms with van der Waals surface area (Å²) in [5, 5.41) is 0.730. The van der Waals surface area contributed by atoms with Gasteiger partial charge in [0.1, 0.15) is 5.75 Å². The molecule has 4 heteroatoms. The Labute approximate surface area is 106 Å². The molecule has 0 aliphatic rings. The van der Waals surface area contributed by atoms with Crippen LogP contribution < -0.4 is 15.9 Å². The summed E-state index contributed by atoms with van der Waals surface area (Å²) in [4.78, 5) is 12.0. The van der Waals surface area contributed by atoms with Crippen molar-refractivity contribution in [2.45, 2.75) is 19.9 Å². The van der Waals surface area contributed by atoms with E-state index in [0.717, 1.165) is 35.2 Å². The number of aromatic nitrogens is 1. The normalized spacial score (nSPS) is 10.8. The molecule has 1 aromatic heterocycles. The number of pyridine rings is 1. The van der Waals surface area contributed by atoms with Crippen LogP contribution in [0.25, 0.3) is 10.9 Å². The highest BCUT2D eigenvalue weighted by atomic mass is 16.5. The highest BCUT2D eigenvalue weighted by Crippen LogP contribution is 2.25. The largest absolute Gasteiger partial charge is 0.495 e. The van der Waals surface area contributed by atoms with Crippen LogP contribution in [0, 0.1) is 6.92 Å². The smallest absolute Gasteiger partial charge is 0.189 e. The average Bonchev–Trinajstić information content (AvgIpc) is 2.38. The fourth-order valence-corrected chi connectivity index (χ4v) is 2.20. The fraction of sp³-hybridized carbons (Fsp3) is 0.357. The Bertz CT molecular complexity index is 617. The van der Waals surface area contributed by atoms with Crippen molar-refractivity contribution < 1.29 is 4.74 Å². The van der Waals surface area contributed by atoms with Crippen LogP contribution in [0.15, 0.2) is 29.2 Å². The lowest BCUT2D eigenvalue weighted by atomic mass is 10.1. The molecule has 0 amide bonds. The monoisotopic (exact) mass is 246 g/mol. The summed E-state index contributed by atoms with van der Waals surface area (Å²) in [5.74, 6) is 0.727. The minimum atomic E-state index is 0.0328. The predicted octanol–water partition coefficient (Wildman–Crippen LogP) is 1.67. The average molecular weight is 246 g/mol. The fourth-order valence-electron chi connectivity index (χ4n) is 2.20. The molecule has 0 saturated carbocycles. The van der Waals surface area contributed by atoms with E-state index < -0.39 is 0 Å². The zero-order valence-electron chi connectivity index (χ0n) is 10.8. The van der Waals surface area contributed by atoms with Crippen molar-refractivity contribution in [2.24, 2.45) is 5.73 Å². The van der Waals surface area contributed by atoms with Gasteiger partial charge in [-0.15, -0.1) is 0 Å². The SMILES string of the molecule is COc1ccc(C)c2c(=O)ccn(CCCN)c12. The molecule has 0 radical (unpaired) electrons. The first-order chi connectivity index (χ1) is 8.69. The third-order valence-corrected chi connectivity index (χ3v) is 3.11. The minimum absolute atomic E-state index is 0.0328. The molecule has 0 aliphatic carbocycles. The van der Waals surface area contributed by atoms with Crippen LogP contribution in [-0.4, -0.2) is 18.2 Å². The van der Waals surface area contributed by atoms with Crippen molar-refractivity contribution in [3.8, 4) is 5.75 Å². The van der Waals surface area contributed by atoms with E-state index in [9.17, 15) is 4.79 Å². The summed E-state index contributed by atoms with van der Waals surface area (Å²) < 4.78 is 7.40. The Balaban J connectivity index is 2.76. The van der Waals surface area contributed by atoms with Gasteiger partial charge in [-0.2, -0.15) is 0 Å². The van der Waals surface area contributed by atoms with E-state index in [2.05, 4.69) is 0 Å². The second kappa shape index (κ2) is 5.23. The molecule has 2 rings (SSSR count). The third-order valence-electron chi connectivity index (χ3n) is 3.11. The molecule has 0 spiro atoms. The Morgan fingerprint density at radius 3 is 2.78 bits per heavy atom. The number of nitrogens with zero attached hydrogens (tertiary/aromatic N) is 1. The second-order valence-electron chi connectivity index (χ2n) is 4.32. The van der Waals surface area contributed by atoms with Gasteiger partial charge in [-0.25, -0.2) is 0 Å². The highest BCUT2D eigenvalue weighted by molar-refractivity contribution is 5.87. The maximum atomic E-state index is 12.0. The Kier molecular flexibility index (Phi) is 3.67. The maximum Gasteiger partial charge on any atom is 0.189 e. The molecule has 0 saturated heterocycles. The summed E-state index contributed by atoms with van der Waals surface area (Å²) in [6, 6.07) is 5.41. The van der Waals surface area contributed by atoms with Crippen molar-refractivity contribution in [3.63, 3.8) is 0 Å². The Morgan fingerprint density at radius 1 is 1.33 bits per heavy atom. The number of benzene rings is 1. The van der Waals surface area contributed by atoms with Gasteiger partial charge < -0.3 is 15.0 Å². The van der Waals surface area contributed by atoms with E-state index in [4.69, 9.17) is 10.5 Å². The standard InChI is InChI=1S/C14H18N2O2/c1-10-4-5-12(18-2)14-13(10)11(17)6-9-16(14)8-3-7-15/h4-6,9H,3,7-8,15H2,1-2H3. The van der Waals surface area contributed by atoms with Gasteiger partial charge in [0.25, 0.3) is 0 Å². The summed E-state index contributed by atoms with van der Waals surface area (Å²) in [7, 11) is 1.62. The van der Waals surface area contributed by atoms with Crippen LogP contribution in [0.4, 0.5) is 0 Å². The van der Waals surface area contributed by atoms with Gasteiger partial charge >= 0.3 is 0 Å². The molecule has 0 unspecified atom stereocenters. The second-order valence-corrected chi connectivity index (χ2v) is 4.32. The lowest BCUT2D eigenvalue weighted by Gasteiger charge is -2.14. The van der Waals surface area contributed by atoms with Gasteiger partial charge in [-0.3, -0.25) is 4.79 Å². The Hall–Kier alpha value is -1.81. The number of hydrogen-bond acceptors (Lipinski definition) is 3. The van der Waals surface area contributed by atoms with Crippen LogP contribution >= 0.6 is 0 Å². The molecule has 0 aliphatic heterocycles. The zero-order chi connectivity index (χ0) is 13.1. The van der Waals surface area contributed by atoms with Crippen LogP contribution in [0.1, 0.15) is 12.0 Å². The maximum absolute atomic E-state index is 12.0. The lowest BCUT2D eigenvalue weighted by Crippen LogP contribution is -2.12. The van der Waals surface area contributed by atoms with Gasteiger partial charge in [0, 0.05) is 18.8 Å². The molecular formula is C14H18N2O2. The topological polar surface area (TPSA) is 57.2 Å². The van der Waals surface area contributed by atoms with Crippen LogP contribution in [-0.2, 0) is 6.54 Å². The number of methoxy groups -OCH3 is 1. The summed E-state index contributed by atoms with van der Waals surface area (Å²) >= 11 is 0. The summed E-state index contributed by atoms with van der Waals surface area (Å²) in [6.07, 6.45) is 2.68. The third kappa shape index (κ3) is 2.11. The number of nitrogens with two attached hydrogens (primary N) is 1. The molecular weight excluding hydrogens is 228 g/mol. The number of fused-ring (bicyclic) bond motifs is 1. The molecule has 1 heterocycles. The minimum Gasteiger partial charge on any atom is -0.495 e. The van der Waals surface area contributed by atoms with Crippen molar-refractivity contribution >= 4 is 10.9 Å². The first-order valence-electron chi connectivity index (χ1n) is 6.06. The number of rotatable bonds is 4. The van der Waals surface area contributed by atoms with E-state index >= 15 is 0 Å². The van der Waals surface area contributed by atoms with Crippen LogP contribution in [0.5, 0.6) is 5.75 Å². The van der Waals surface area contributed by atoms with E-state index in [-0.39, 0.29) is 5.43 Å². The van der Waals surface area contributed by atoms with Crippen LogP contribution in [0.3, 0.4) is 0 Å². The first kappa shape index (κ1) is 12.6. The number of aryl methyl sites for hydroxylation is 2. The quantitative estimate of drug-likeness (QED) is 0.892. The first-order valence-corrected chi connectivity index (χ1v) is 6.06. The molecule has 96 valence electrons. The van der Waals surface area contributed by atoms with Crippen molar-refractivity contribution in [1.82, 2.24) is 4.57 Å². The highest BCUT2D eigenvalue weighted by Gasteiger charge is 2.10. The molecule has 0 fully saturated rings. The molecule has 4 nitrogen and oxygen atoms in total. The van der Waals surface area contributed by atoms with Crippen molar-refractivity contribution in [1.29, 1.82) is 0 Å². The number of ether oxygens (including phenoxy) is 1. The Morgan fingerprint density at radius 2 is 2.11 bits per heavy atom. The zero-order valence-corrected chi connectivity index (χ0v) is 10.8. The van der Waals surface area contributed by atoms with Crippen LogP contribution in [0.2, 0.25) is 0 Å². The molecule has 2 aromatic rings. The summed E-state index contributed by atoms with van der Waals surface area (Å²) in [6.45, 7) is 3.35. The molecule has 1 aromatic carbocycles. The van der Waals surface area contributed by atoms with Crippen molar-refractivity contribution in [2.75, 3.05) is 13.7 Å². The molecule has 18 heavy (non-hydrogen) atoms.